The van der Waals surface area contributed by atoms with Crippen molar-refractivity contribution in [3.05, 3.63) is 47.1 Å². The summed E-state index contributed by atoms with van der Waals surface area (Å²) in [4.78, 5) is 8.81. The van der Waals surface area contributed by atoms with Crippen LogP contribution in [0.4, 0.5) is 5.82 Å². The second-order valence-electron chi connectivity index (χ2n) is 5.19. The van der Waals surface area contributed by atoms with Crippen LogP contribution in [0.25, 0.3) is 10.2 Å². The van der Waals surface area contributed by atoms with Crippen molar-refractivity contribution in [3.8, 4) is 5.75 Å². The first-order valence-electron chi connectivity index (χ1n) is 7.00. The van der Waals surface area contributed by atoms with Crippen molar-refractivity contribution in [2.24, 2.45) is 0 Å². The zero-order chi connectivity index (χ0) is 14.2. The quantitative estimate of drug-likeness (QED) is 0.778. The minimum atomic E-state index is 0.232. The van der Waals surface area contributed by atoms with Crippen molar-refractivity contribution in [2.75, 3.05) is 11.9 Å². The largest absolute Gasteiger partial charge is 0.493 e. The van der Waals surface area contributed by atoms with Gasteiger partial charge in [-0.2, -0.15) is 0 Å². The van der Waals surface area contributed by atoms with Crippen LogP contribution in [-0.2, 0) is 0 Å². The van der Waals surface area contributed by atoms with Crippen LogP contribution < -0.4 is 10.1 Å². The molecule has 21 heavy (non-hydrogen) atoms. The van der Waals surface area contributed by atoms with Gasteiger partial charge in [-0.3, -0.25) is 0 Å². The second-order valence-corrected chi connectivity index (χ2v) is 6.07. The number of aryl methyl sites for hydroxylation is 1. The molecule has 1 aliphatic heterocycles. The van der Waals surface area contributed by atoms with Gasteiger partial charge in [0.2, 0.25) is 0 Å². The number of ether oxygens (including phenoxy) is 1. The van der Waals surface area contributed by atoms with E-state index in [1.54, 1.807) is 17.7 Å². The lowest BCUT2D eigenvalue weighted by molar-refractivity contribution is 0.274. The van der Waals surface area contributed by atoms with Crippen LogP contribution in [0.2, 0.25) is 0 Å². The van der Waals surface area contributed by atoms with Gasteiger partial charge < -0.3 is 10.1 Å². The van der Waals surface area contributed by atoms with Gasteiger partial charge in [0.25, 0.3) is 0 Å². The minimum Gasteiger partial charge on any atom is -0.493 e. The van der Waals surface area contributed by atoms with Crippen LogP contribution in [0.3, 0.4) is 0 Å². The molecule has 1 unspecified atom stereocenters. The number of hydrogen-bond donors (Lipinski definition) is 1. The van der Waals surface area contributed by atoms with E-state index in [9.17, 15) is 0 Å². The Morgan fingerprint density at radius 1 is 1.29 bits per heavy atom. The lowest BCUT2D eigenvalue weighted by Crippen LogP contribution is -2.20. The highest BCUT2D eigenvalue weighted by molar-refractivity contribution is 7.18. The van der Waals surface area contributed by atoms with E-state index in [1.165, 1.54) is 11.1 Å². The second kappa shape index (κ2) is 5.00. The fraction of sp³-hybridized carbons (Fsp3) is 0.250. The predicted octanol–water partition coefficient (Wildman–Crippen LogP) is 3.94. The van der Waals surface area contributed by atoms with Crippen molar-refractivity contribution in [2.45, 2.75) is 19.4 Å². The summed E-state index contributed by atoms with van der Waals surface area (Å²) in [6.45, 7) is 2.81. The van der Waals surface area contributed by atoms with Crippen LogP contribution in [0.15, 0.2) is 36.0 Å². The van der Waals surface area contributed by atoms with Crippen molar-refractivity contribution in [1.82, 2.24) is 9.97 Å². The third-order valence-electron chi connectivity index (χ3n) is 3.80. The van der Waals surface area contributed by atoms with E-state index in [4.69, 9.17) is 4.74 Å². The van der Waals surface area contributed by atoms with Gasteiger partial charge in [0, 0.05) is 12.0 Å². The average Bonchev–Trinajstić information content (AvgIpc) is 2.90. The Morgan fingerprint density at radius 2 is 2.19 bits per heavy atom. The van der Waals surface area contributed by atoms with E-state index in [0.717, 1.165) is 34.8 Å². The first-order chi connectivity index (χ1) is 10.3. The molecule has 3 aromatic rings. The monoisotopic (exact) mass is 297 g/mol. The lowest BCUT2D eigenvalue weighted by atomic mass is 10.0. The summed E-state index contributed by atoms with van der Waals surface area (Å²) < 4.78 is 6.84. The smallest absolute Gasteiger partial charge is 0.147 e. The normalized spacial score (nSPS) is 17.3. The summed E-state index contributed by atoms with van der Waals surface area (Å²) in [6.07, 6.45) is 2.57. The SMILES string of the molecule is Cc1csc2c(NC3CCOc4ccccc43)ncnc12. The fourth-order valence-corrected chi connectivity index (χ4v) is 3.68. The van der Waals surface area contributed by atoms with Crippen LogP contribution in [0.1, 0.15) is 23.6 Å². The van der Waals surface area contributed by atoms with E-state index in [-0.39, 0.29) is 6.04 Å². The molecule has 0 spiro atoms. The average molecular weight is 297 g/mol. The highest BCUT2D eigenvalue weighted by atomic mass is 32.1. The fourth-order valence-electron chi connectivity index (χ4n) is 2.73. The summed E-state index contributed by atoms with van der Waals surface area (Å²) in [5.74, 6) is 1.88. The number of nitrogens with zero attached hydrogens (tertiary/aromatic N) is 2. The van der Waals surface area contributed by atoms with Crippen LogP contribution >= 0.6 is 11.3 Å². The molecular weight excluding hydrogens is 282 g/mol. The molecule has 1 N–H and O–H groups in total. The molecule has 0 amide bonds. The molecule has 1 aliphatic rings. The highest BCUT2D eigenvalue weighted by Gasteiger charge is 2.22. The molecule has 0 saturated carbocycles. The number of benzene rings is 1. The first-order valence-corrected chi connectivity index (χ1v) is 7.88. The van der Waals surface area contributed by atoms with Gasteiger partial charge in [0.05, 0.1) is 22.9 Å². The van der Waals surface area contributed by atoms with Gasteiger partial charge >= 0.3 is 0 Å². The third-order valence-corrected chi connectivity index (χ3v) is 4.89. The minimum absolute atomic E-state index is 0.232. The van der Waals surface area contributed by atoms with E-state index in [0.29, 0.717) is 0 Å². The van der Waals surface area contributed by atoms with Gasteiger partial charge in [-0.05, 0) is 23.9 Å². The van der Waals surface area contributed by atoms with Gasteiger partial charge in [0.15, 0.2) is 0 Å². The van der Waals surface area contributed by atoms with Crippen molar-refractivity contribution < 1.29 is 4.74 Å². The summed E-state index contributed by atoms with van der Waals surface area (Å²) in [6, 6.07) is 8.42. The Balaban J connectivity index is 1.73. The van der Waals surface area contributed by atoms with Crippen molar-refractivity contribution in [1.29, 1.82) is 0 Å². The van der Waals surface area contributed by atoms with E-state index in [1.807, 2.05) is 18.2 Å². The maximum atomic E-state index is 5.71. The van der Waals surface area contributed by atoms with E-state index < -0.39 is 0 Å². The van der Waals surface area contributed by atoms with Gasteiger partial charge in [0.1, 0.15) is 17.9 Å². The molecule has 3 heterocycles. The van der Waals surface area contributed by atoms with E-state index >= 15 is 0 Å². The topological polar surface area (TPSA) is 47.0 Å². The molecular formula is C16H15N3OS. The molecule has 0 aliphatic carbocycles. The Morgan fingerprint density at radius 3 is 3.14 bits per heavy atom. The van der Waals surface area contributed by atoms with Crippen molar-refractivity contribution >= 4 is 27.4 Å². The molecule has 5 heteroatoms. The summed E-state index contributed by atoms with van der Waals surface area (Å²) in [5, 5.41) is 5.70. The number of hydrogen-bond acceptors (Lipinski definition) is 5. The number of thiophene rings is 1. The molecule has 106 valence electrons. The number of fused-ring (bicyclic) bond motifs is 2. The lowest BCUT2D eigenvalue weighted by Gasteiger charge is -2.27. The molecule has 0 saturated heterocycles. The predicted molar refractivity (Wildman–Crippen MR) is 85.1 cm³/mol. The van der Waals surface area contributed by atoms with Crippen LogP contribution in [-0.4, -0.2) is 16.6 Å². The Bertz CT molecular complexity index is 799. The number of nitrogens with one attached hydrogen (secondary N) is 1. The summed E-state index contributed by atoms with van der Waals surface area (Å²) in [7, 11) is 0. The molecule has 0 radical (unpaired) electrons. The Kier molecular flexibility index (Phi) is 3.00. The molecule has 1 aromatic carbocycles. The standard InChI is InChI=1S/C16H15N3OS/c1-10-8-21-15-14(10)17-9-18-16(15)19-12-6-7-20-13-5-3-2-4-11(12)13/h2-5,8-9,12H,6-7H2,1H3,(H,17,18,19). The van der Waals surface area contributed by atoms with Gasteiger partial charge in [-0.15, -0.1) is 11.3 Å². The Labute approximate surface area is 126 Å². The van der Waals surface area contributed by atoms with Gasteiger partial charge in [-0.25, -0.2) is 9.97 Å². The Hall–Kier alpha value is -2.14. The number of aromatic nitrogens is 2. The first kappa shape index (κ1) is 12.6. The summed E-state index contributed by atoms with van der Waals surface area (Å²) >= 11 is 1.69. The summed E-state index contributed by atoms with van der Waals surface area (Å²) in [5.41, 5.74) is 3.44. The zero-order valence-electron chi connectivity index (χ0n) is 11.7. The number of anilines is 1. The highest BCUT2D eigenvalue weighted by Crippen LogP contribution is 2.36. The molecule has 4 nitrogen and oxygen atoms in total. The molecule has 0 bridgehead atoms. The number of para-hydroxylation sites is 1. The van der Waals surface area contributed by atoms with E-state index in [2.05, 4.69) is 33.7 Å². The van der Waals surface area contributed by atoms with Gasteiger partial charge in [-0.1, -0.05) is 18.2 Å². The maximum Gasteiger partial charge on any atom is 0.147 e. The molecule has 4 rings (SSSR count). The van der Waals surface area contributed by atoms with Crippen LogP contribution in [0.5, 0.6) is 5.75 Å². The number of rotatable bonds is 2. The molecule has 1 atom stereocenters. The zero-order valence-corrected chi connectivity index (χ0v) is 12.5. The molecule has 0 fully saturated rings. The maximum absolute atomic E-state index is 5.71. The van der Waals surface area contributed by atoms with Crippen LogP contribution in [0, 0.1) is 6.92 Å². The molecule has 2 aromatic heterocycles. The van der Waals surface area contributed by atoms with Crippen molar-refractivity contribution in [3.63, 3.8) is 0 Å². The third kappa shape index (κ3) is 2.14.